The molecule has 0 aromatic heterocycles. The standard InChI is InChI=1S/C79H113N5O27/c1-77(2,3)110-50-44-103-38-34-99-32-36-101-40-46-106-65-53-56(54-66(107-47-41-102-37-33-100-35-39-104-45-51-111-78(4,5)6)71(65)109-49-43-105-42-48-108-67(90)23-21-55-20-22-60(85)64(89)52-55)72(94)80-30-13-31-84-76(98)79(24-10-27-81-73(95)57-14-7-17-61(86)68(57)91,25-11-28-82-74(96)58-15-8-18-62(87)69(58)92)26-12-29-83-75(97)59-16-9-19-63(88)70(59)93/h7-9,14-20,22,52-54,85-89,91-93H,10-13,21,23-51H2,1-6H3,(H,80,94)(H,81,95)(H,82,96)(H,83,97)(H,84,98). The topological polar surface area (TPSA) is 444 Å². The van der Waals surface area contributed by atoms with Crippen molar-refractivity contribution in [3.05, 3.63) is 113 Å². The number of phenols is 8. The van der Waals surface area contributed by atoms with Gasteiger partial charge in [-0.15, -0.1) is 0 Å². The molecule has 0 heterocycles. The monoisotopic (exact) mass is 1560 g/mol. The zero-order valence-corrected chi connectivity index (χ0v) is 64.5. The third kappa shape index (κ3) is 35.9. The van der Waals surface area contributed by atoms with E-state index in [1.54, 1.807) is 6.07 Å². The van der Waals surface area contributed by atoms with Gasteiger partial charge in [-0.2, -0.15) is 0 Å². The minimum Gasteiger partial charge on any atom is -0.504 e. The number of esters is 1. The van der Waals surface area contributed by atoms with Crippen LogP contribution in [0.5, 0.6) is 63.2 Å². The van der Waals surface area contributed by atoms with E-state index in [0.29, 0.717) is 58.4 Å². The van der Waals surface area contributed by atoms with Gasteiger partial charge in [-0.25, -0.2) is 0 Å². The lowest BCUT2D eigenvalue weighted by Crippen LogP contribution is -2.43. The smallest absolute Gasteiger partial charge is 0.306 e. The van der Waals surface area contributed by atoms with Gasteiger partial charge in [0, 0.05) is 50.1 Å². The van der Waals surface area contributed by atoms with E-state index in [-0.39, 0.29) is 232 Å². The molecule has 0 radical (unpaired) electrons. The van der Waals surface area contributed by atoms with Crippen molar-refractivity contribution < 1.29 is 131 Å². The highest BCUT2D eigenvalue weighted by atomic mass is 16.6. The van der Waals surface area contributed by atoms with Crippen molar-refractivity contribution in [2.75, 3.05) is 165 Å². The van der Waals surface area contributed by atoms with Gasteiger partial charge in [-0.1, -0.05) is 24.3 Å². The highest BCUT2D eigenvalue weighted by Crippen LogP contribution is 2.40. The minimum atomic E-state index is -1.29. The Balaban J connectivity index is 1.32. The van der Waals surface area contributed by atoms with Crippen molar-refractivity contribution in [1.29, 1.82) is 0 Å². The van der Waals surface area contributed by atoms with Gasteiger partial charge >= 0.3 is 5.97 Å². The molecule has 13 N–H and O–H groups in total. The molecule has 0 atom stereocenters. The summed E-state index contributed by atoms with van der Waals surface area (Å²) in [4.78, 5) is 81.6. The van der Waals surface area contributed by atoms with E-state index in [4.69, 9.17) is 61.6 Å². The summed E-state index contributed by atoms with van der Waals surface area (Å²) in [6, 6.07) is 19.0. The zero-order valence-electron chi connectivity index (χ0n) is 64.5. The highest BCUT2D eigenvalue weighted by Gasteiger charge is 2.37. The predicted octanol–water partition coefficient (Wildman–Crippen LogP) is 7.24. The first kappa shape index (κ1) is 92.0. The van der Waals surface area contributed by atoms with Crippen LogP contribution in [0, 0.1) is 5.41 Å². The van der Waals surface area contributed by atoms with Gasteiger partial charge in [0.05, 0.1) is 134 Å². The summed E-state index contributed by atoms with van der Waals surface area (Å²) in [6.45, 7) is 15.9. The second kappa shape index (κ2) is 50.3. The molecule has 0 aliphatic rings. The van der Waals surface area contributed by atoms with Crippen molar-refractivity contribution in [2.45, 2.75) is 111 Å². The van der Waals surface area contributed by atoms with Gasteiger partial charge in [0.25, 0.3) is 23.6 Å². The van der Waals surface area contributed by atoms with E-state index in [2.05, 4.69) is 26.6 Å². The summed E-state index contributed by atoms with van der Waals surface area (Å²) >= 11 is 0. The van der Waals surface area contributed by atoms with Crippen LogP contribution >= 0.6 is 0 Å². The number of amides is 5. The lowest BCUT2D eigenvalue weighted by Gasteiger charge is -2.33. The van der Waals surface area contributed by atoms with E-state index in [9.17, 15) is 69.6 Å². The van der Waals surface area contributed by atoms with Crippen molar-refractivity contribution in [2.24, 2.45) is 5.41 Å². The maximum absolute atomic E-state index is 15.0. The number of para-hydroxylation sites is 3. The zero-order chi connectivity index (χ0) is 80.9. The number of phenolic OH excluding ortho intramolecular Hbond substituents is 8. The van der Waals surface area contributed by atoms with Crippen LogP contribution in [0.4, 0.5) is 0 Å². The number of hydrogen-bond acceptors (Lipinski definition) is 27. The van der Waals surface area contributed by atoms with Gasteiger partial charge in [-0.05, 0) is 159 Å². The number of benzene rings is 5. The molecule has 0 unspecified atom stereocenters. The maximum atomic E-state index is 15.0. The average Bonchev–Trinajstić information content (AvgIpc) is 0.684. The van der Waals surface area contributed by atoms with Crippen molar-refractivity contribution in [3.63, 3.8) is 0 Å². The molecule has 0 aliphatic carbocycles. The maximum Gasteiger partial charge on any atom is 0.306 e. The fraction of sp³-hybridized carbons (Fsp3) is 0.544. The quantitative estimate of drug-likeness (QED) is 0.0104. The number of carbonyl (C=O) groups is 6. The Bertz CT molecular complexity index is 3410. The van der Waals surface area contributed by atoms with Gasteiger partial charge in [-0.3, -0.25) is 28.8 Å². The number of ether oxygens (including phenoxy) is 13. The van der Waals surface area contributed by atoms with E-state index in [0.717, 1.165) is 0 Å². The minimum absolute atomic E-state index is 0.00433. The van der Waals surface area contributed by atoms with E-state index in [1.807, 2.05) is 41.5 Å². The normalized spacial score (nSPS) is 11.6. The molecule has 0 fully saturated rings. The molecule has 32 nitrogen and oxygen atoms in total. The molecule has 5 rings (SSSR count). The van der Waals surface area contributed by atoms with Gasteiger partial charge < -0.3 is 129 Å². The molecule has 5 amide bonds. The molecular formula is C79H113N5O27. The van der Waals surface area contributed by atoms with Crippen LogP contribution < -0.4 is 40.8 Å². The highest BCUT2D eigenvalue weighted by molar-refractivity contribution is 5.99. The number of carbonyl (C=O) groups excluding carboxylic acids is 6. The Morgan fingerprint density at radius 2 is 0.703 bits per heavy atom. The molecule has 5 aromatic rings. The number of nitrogens with one attached hydrogen (secondary N) is 5. The fourth-order valence-corrected chi connectivity index (χ4v) is 10.8. The lowest BCUT2D eigenvalue weighted by atomic mass is 9.74. The summed E-state index contributed by atoms with van der Waals surface area (Å²) < 4.78 is 75.5. The summed E-state index contributed by atoms with van der Waals surface area (Å²) in [5.41, 5.74) is -1.69. The van der Waals surface area contributed by atoms with Crippen molar-refractivity contribution in [3.8, 4) is 63.2 Å². The molecule has 111 heavy (non-hydrogen) atoms. The molecule has 0 bridgehead atoms. The average molecular weight is 1560 g/mol. The van der Waals surface area contributed by atoms with Crippen LogP contribution in [0.1, 0.15) is 140 Å². The van der Waals surface area contributed by atoms with Crippen LogP contribution in [0.15, 0.2) is 84.9 Å². The molecule has 616 valence electrons. The fourth-order valence-electron chi connectivity index (χ4n) is 10.8. The van der Waals surface area contributed by atoms with E-state index in [1.165, 1.54) is 78.9 Å². The van der Waals surface area contributed by atoms with Gasteiger partial charge in [0.1, 0.15) is 26.4 Å². The summed E-state index contributed by atoms with van der Waals surface area (Å²) in [5.74, 6) is -7.29. The van der Waals surface area contributed by atoms with Crippen LogP contribution in [0.2, 0.25) is 0 Å². The van der Waals surface area contributed by atoms with Gasteiger partial charge in [0.15, 0.2) is 57.5 Å². The number of hydrogen-bond donors (Lipinski definition) is 13. The number of aromatic hydroxyl groups is 8. The number of rotatable bonds is 57. The SMILES string of the molecule is CC(C)(C)OCCOCCOCCOCCOc1cc(C(=O)NCCCNC(=O)C(CCCNC(=O)c2cccc(O)c2O)(CCCNC(=O)c2cccc(O)c2O)CCCNC(=O)c2cccc(O)c2O)cc(OCCOCCOCCOCCOC(C)(C)C)c1OCCOCCOC(=O)CCc1ccc(O)c(O)c1. The Morgan fingerprint density at radius 1 is 0.351 bits per heavy atom. The molecule has 0 saturated carbocycles. The largest absolute Gasteiger partial charge is 0.504 e. The Morgan fingerprint density at radius 3 is 1.10 bits per heavy atom. The Kier molecular flexibility index (Phi) is 41.7. The molecule has 0 aliphatic heterocycles. The van der Waals surface area contributed by atoms with Crippen LogP contribution in [-0.2, 0) is 63.4 Å². The second-order valence-corrected chi connectivity index (χ2v) is 27.3. The van der Waals surface area contributed by atoms with Gasteiger partial charge in [0.2, 0.25) is 11.7 Å². The third-order valence-electron chi connectivity index (χ3n) is 16.4. The van der Waals surface area contributed by atoms with Crippen molar-refractivity contribution in [1.82, 2.24) is 26.6 Å². The Hall–Kier alpha value is -9.64. The summed E-state index contributed by atoms with van der Waals surface area (Å²) in [6.07, 6.45) is 1.32. The molecule has 0 saturated heterocycles. The third-order valence-corrected chi connectivity index (χ3v) is 16.4. The predicted molar refractivity (Wildman–Crippen MR) is 406 cm³/mol. The van der Waals surface area contributed by atoms with Crippen LogP contribution in [0.25, 0.3) is 0 Å². The first-order valence-electron chi connectivity index (χ1n) is 37.2. The molecule has 0 spiro atoms. The second-order valence-electron chi connectivity index (χ2n) is 27.3. The van der Waals surface area contributed by atoms with Crippen LogP contribution in [-0.4, -0.2) is 252 Å². The summed E-state index contributed by atoms with van der Waals surface area (Å²) in [5, 5.41) is 95.1. The molecule has 5 aromatic carbocycles. The first-order chi connectivity index (χ1) is 53.2. The first-order valence-corrected chi connectivity index (χ1v) is 37.2. The van der Waals surface area contributed by atoms with E-state index >= 15 is 0 Å². The Labute approximate surface area is 647 Å². The molecular weight excluding hydrogens is 1450 g/mol. The summed E-state index contributed by atoms with van der Waals surface area (Å²) in [7, 11) is 0. The number of aryl methyl sites for hydroxylation is 1. The molecule has 32 heteroatoms. The van der Waals surface area contributed by atoms with Crippen molar-refractivity contribution >= 4 is 35.5 Å². The van der Waals surface area contributed by atoms with Crippen LogP contribution in [0.3, 0.4) is 0 Å². The lowest BCUT2D eigenvalue weighted by molar-refractivity contribution is -0.145. The van der Waals surface area contributed by atoms with E-state index < -0.39 is 75.4 Å².